The molecule has 0 aromatic rings. The highest BCUT2D eigenvalue weighted by molar-refractivity contribution is 5.04. The van der Waals surface area contributed by atoms with Gasteiger partial charge >= 0.3 is 0 Å². The normalized spacial score (nSPS) is 58.0. The summed E-state index contributed by atoms with van der Waals surface area (Å²) in [6, 6.07) is 0.779. The van der Waals surface area contributed by atoms with Gasteiger partial charge < -0.3 is 0 Å². The third kappa shape index (κ3) is 0.686. The van der Waals surface area contributed by atoms with Gasteiger partial charge in [-0.3, -0.25) is 4.84 Å². The average molecular weight is 167 g/mol. The van der Waals surface area contributed by atoms with Crippen LogP contribution in [0.4, 0.5) is 0 Å². The van der Waals surface area contributed by atoms with Gasteiger partial charge in [-0.25, -0.2) is 0 Å². The van der Waals surface area contributed by atoms with E-state index < -0.39 is 0 Å². The summed E-state index contributed by atoms with van der Waals surface area (Å²) in [5.41, 5.74) is 0. The molecule has 0 N–H and O–H groups in total. The molecule has 0 radical (unpaired) electrons. The molecular formula is C10H17NO. The summed E-state index contributed by atoms with van der Waals surface area (Å²) in [6.45, 7) is 5.89. The van der Waals surface area contributed by atoms with Crippen molar-refractivity contribution < 1.29 is 4.84 Å². The number of hydrogen-bond acceptors (Lipinski definition) is 2. The van der Waals surface area contributed by atoms with Crippen LogP contribution in [0.15, 0.2) is 0 Å². The largest absolute Gasteiger partial charge is 0.295 e. The van der Waals surface area contributed by atoms with E-state index in [9.17, 15) is 0 Å². The summed E-state index contributed by atoms with van der Waals surface area (Å²) >= 11 is 0. The van der Waals surface area contributed by atoms with Gasteiger partial charge in [-0.1, -0.05) is 13.8 Å². The molecule has 0 bridgehead atoms. The Morgan fingerprint density at radius 2 is 2.08 bits per heavy atom. The van der Waals surface area contributed by atoms with Crippen LogP contribution >= 0.6 is 0 Å². The second-order valence-corrected chi connectivity index (χ2v) is 4.72. The first-order chi connectivity index (χ1) is 5.79. The monoisotopic (exact) mass is 167 g/mol. The van der Waals surface area contributed by atoms with Crippen molar-refractivity contribution in [3.05, 3.63) is 0 Å². The van der Waals surface area contributed by atoms with E-state index in [1.54, 1.807) is 0 Å². The van der Waals surface area contributed by atoms with Gasteiger partial charge in [0, 0.05) is 18.5 Å². The molecule has 5 atom stereocenters. The maximum absolute atomic E-state index is 5.90. The Morgan fingerprint density at radius 1 is 1.25 bits per heavy atom. The molecule has 1 aliphatic carbocycles. The fourth-order valence-corrected chi connectivity index (χ4v) is 3.33. The summed E-state index contributed by atoms with van der Waals surface area (Å²) in [4.78, 5) is 5.90. The van der Waals surface area contributed by atoms with E-state index in [0.29, 0.717) is 6.10 Å². The molecule has 1 saturated carbocycles. The predicted molar refractivity (Wildman–Crippen MR) is 46.4 cm³/mol. The molecule has 2 nitrogen and oxygen atoms in total. The topological polar surface area (TPSA) is 12.5 Å². The second-order valence-electron chi connectivity index (χ2n) is 4.72. The van der Waals surface area contributed by atoms with Gasteiger partial charge in [0.05, 0.1) is 6.10 Å². The van der Waals surface area contributed by atoms with Gasteiger partial charge in [-0.2, -0.15) is 5.06 Å². The summed E-state index contributed by atoms with van der Waals surface area (Å²) in [7, 11) is 0. The van der Waals surface area contributed by atoms with E-state index in [-0.39, 0.29) is 0 Å². The van der Waals surface area contributed by atoms with E-state index in [2.05, 4.69) is 18.9 Å². The fraction of sp³-hybridized carbons (Fsp3) is 1.00. The van der Waals surface area contributed by atoms with E-state index in [1.807, 2.05) is 0 Å². The highest BCUT2D eigenvalue weighted by Gasteiger charge is 2.58. The molecule has 0 spiro atoms. The first-order valence-corrected chi connectivity index (χ1v) is 5.22. The molecule has 0 aromatic carbocycles. The maximum Gasteiger partial charge on any atom is 0.0868 e. The molecule has 0 aromatic heterocycles. The molecule has 68 valence electrons. The average Bonchev–Trinajstić information content (AvgIpc) is 2.59. The SMILES string of the molecule is C[C@@H]1[C@H](C)[C@@H]2[C@H]1ON1CCC[C@@H]21. The van der Waals surface area contributed by atoms with Gasteiger partial charge in [-0.05, 0) is 24.7 Å². The third-order valence-corrected chi connectivity index (χ3v) is 4.28. The van der Waals surface area contributed by atoms with Crippen molar-refractivity contribution >= 4 is 0 Å². The van der Waals surface area contributed by atoms with Crippen LogP contribution in [0.3, 0.4) is 0 Å². The number of hydrogen-bond donors (Lipinski definition) is 0. The summed E-state index contributed by atoms with van der Waals surface area (Å²) in [5.74, 6) is 2.55. The lowest BCUT2D eigenvalue weighted by Gasteiger charge is -2.44. The minimum absolute atomic E-state index is 0.574. The Labute approximate surface area is 73.8 Å². The van der Waals surface area contributed by atoms with Crippen molar-refractivity contribution in [2.45, 2.75) is 38.8 Å². The van der Waals surface area contributed by atoms with Crippen molar-refractivity contribution in [2.75, 3.05) is 6.54 Å². The van der Waals surface area contributed by atoms with Gasteiger partial charge in [0.25, 0.3) is 0 Å². The summed E-state index contributed by atoms with van der Waals surface area (Å²) < 4.78 is 0. The lowest BCUT2D eigenvalue weighted by molar-refractivity contribution is -0.184. The number of rotatable bonds is 0. The highest BCUT2D eigenvalue weighted by atomic mass is 16.7. The Balaban J connectivity index is 1.83. The molecule has 0 amide bonds. The Hall–Kier alpha value is -0.0800. The first kappa shape index (κ1) is 7.34. The number of hydroxylamine groups is 2. The van der Waals surface area contributed by atoms with Crippen LogP contribution in [0.1, 0.15) is 26.7 Å². The lowest BCUT2D eigenvalue weighted by atomic mass is 9.61. The summed E-state index contributed by atoms with van der Waals surface area (Å²) in [6.07, 6.45) is 3.29. The zero-order valence-electron chi connectivity index (χ0n) is 7.86. The van der Waals surface area contributed by atoms with E-state index in [0.717, 1.165) is 23.8 Å². The minimum atomic E-state index is 0.574. The van der Waals surface area contributed by atoms with Crippen molar-refractivity contribution in [2.24, 2.45) is 17.8 Å². The van der Waals surface area contributed by atoms with Crippen LogP contribution in [-0.4, -0.2) is 23.8 Å². The van der Waals surface area contributed by atoms with Crippen LogP contribution in [0.25, 0.3) is 0 Å². The fourth-order valence-electron chi connectivity index (χ4n) is 3.33. The molecule has 2 heterocycles. The summed E-state index contributed by atoms with van der Waals surface area (Å²) in [5, 5.41) is 2.26. The van der Waals surface area contributed by atoms with Gasteiger partial charge in [0.2, 0.25) is 0 Å². The number of fused-ring (bicyclic) bond motifs is 3. The molecule has 2 saturated heterocycles. The van der Waals surface area contributed by atoms with Crippen LogP contribution in [0.5, 0.6) is 0 Å². The molecule has 3 aliphatic rings. The van der Waals surface area contributed by atoms with Crippen LogP contribution in [0.2, 0.25) is 0 Å². The third-order valence-electron chi connectivity index (χ3n) is 4.28. The lowest BCUT2D eigenvalue weighted by Crippen LogP contribution is -2.49. The highest BCUT2D eigenvalue weighted by Crippen LogP contribution is 2.52. The zero-order valence-corrected chi connectivity index (χ0v) is 7.86. The van der Waals surface area contributed by atoms with Gasteiger partial charge in [-0.15, -0.1) is 0 Å². The van der Waals surface area contributed by atoms with Crippen LogP contribution < -0.4 is 0 Å². The number of nitrogens with zero attached hydrogens (tertiary/aromatic N) is 1. The smallest absolute Gasteiger partial charge is 0.0868 e. The Bertz CT molecular complexity index is 206. The molecule has 2 heteroatoms. The second kappa shape index (κ2) is 2.24. The Kier molecular flexibility index (Phi) is 1.37. The van der Waals surface area contributed by atoms with E-state index >= 15 is 0 Å². The molecule has 3 rings (SSSR count). The maximum atomic E-state index is 5.90. The van der Waals surface area contributed by atoms with Crippen molar-refractivity contribution in [1.29, 1.82) is 0 Å². The standard InChI is InChI=1S/C10H17NO/c1-6-7(2)10-9(6)8-4-3-5-11(8)12-10/h6-10H,3-5H2,1-2H3/t6-,7+,8-,9-,10-/m0/s1. The minimum Gasteiger partial charge on any atom is -0.295 e. The van der Waals surface area contributed by atoms with Gasteiger partial charge in [0.15, 0.2) is 0 Å². The Morgan fingerprint density at radius 3 is 2.92 bits per heavy atom. The van der Waals surface area contributed by atoms with Crippen molar-refractivity contribution in [3.63, 3.8) is 0 Å². The quantitative estimate of drug-likeness (QED) is 0.544. The van der Waals surface area contributed by atoms with Crippen LogP contribution in [-0.2, 0) is 4.84 Å². The molecule has 2 aliphatic heterocycles. The van der Waals surface area contributed by atoms with E-state index in [4.69, 9.17) is 4.84 Å². The molecular weight excluding hydrogens is 150 g/mol. The van der Waals surface area contributed by atoms with Crippen molar-refractivity contribution in [1.82, 2.24) is 5.06 Å². The molecule has 0 unspecified atom stereocenters. The van der Waals surface area contributed by atoms with Gasteiger partial charge in [0.1, 0.15) is 0 Å². The van der Waals surface area contributed by atoms with Crippen LogP contribution in [0, 0.1) is 17.8 Å². The molecule has 12 heavy (non-hydrogen) atoms. The first-order valence-electron chi connectivity index (χ1n) is 5.22. The van der Waals surface area contributed by atoms with E-state index in [1.165, 1.54) is 19.4 Å². The zero-order chi connectivity index (χ0) is 8.29. The predicted octanol–water partition coefficient (Wildman–Crippen LogP) is 1.67. The van der Waals surface area contributed by atoms with Crippen molar-refractivity contribution in [3.8, 4) is 0 Å². The molecule has 3 fully saturated rings.